The van der Waals surface area contributed by atoms with E-state index in [1.54, 1.807) is 0 Å². The molecule has 0 aromatic carbocycles. The first-order chi connectivity index (χ1) is 7.81. The van der Waals surface area contributed by atoms with Gasteiger partial charge in [-0.2, -0.15) is 0 Å². The molecule has 3 nitrogen and oxygen atoms in total. The van der Waals surface area contributed by atoms with Gasteiger partial charge >= 0.3 is 0 Å². The second kappa shape index (κ2) is 5.77. The van der Waals surface area contributed by atoms with E-state index < -0.39 is 0 Å². The Balaban J connectivity index is 1.98. The maximum Gasteiger partial charge on any atom is 0.193 e. The monoisotopic (exact) mass is 260 g/mol. The molecule has 88 valence electrons. The van der Waals surface area contributed by atoms with Crippen molar-refractivity contribution in [2.45, 2.75) is 19.1 Å². The minimum absolute atomic E-state index is 0.148. The summed E-state index contributed by atoms with van der Waals surface area (Å²) in [7, 11) is 0. The summed E-state index contributed by atoms with van der Waals surface area (Å²) in [6.45, 7) is 1.25. The molecule has 2 rings (SSSR count). The van der Waals surface area contributed by atoms with Crippen molar-refractivity contribution in [3.63, 3.8) is 0 Å². The molecule has 0 atom stereocenters. The van der Waals surface area contributed by atoms with Crippen LogP contribution in [0.2, 0.25) is 0 Å². The molecule has 1 aliphatic rings. The van der Waals surface area contributed by atoms with Gasteiger partial charge in [0.2, 0.25) is 0 Å². The number of hydrogen-bond acceptors (Lipinski definition) is 4. The first kappa shape index (κ1) is 12.0. The fourth-order valence-electron chi connectivity index (χ4n) is 1.50. The van der Waals surface area contributed by atoms with Gasteiger partial charge in [0.05, 0.1) is 23.0 Å². The van der Waals surface area contributed by atoms with Crippen molar-refractivity contribution in [1.82, 2.24) is 0 Å². The minimum Gasteiger partial charge on any atom is -0.345 e. The molecule has 1 aromatic rings. The van der Waals surface area contributed by atoms with Crippen molar-refractivity contribution in [3.8, 4) is 0 Å². The van der Waals surface area contributed by atoms with E-state index in [9.17, 15) is 4.79 Å². The molecule has 1 fully saturated rings. The van der Waals surface area contributed by atoms with Gasteiger partial charge in [0.25, 0.3) is 0 Å². The number of carbonyl (C=O) groups excluding carboxylic acids is 1. The largest absolute Gasteiger partial charge is 0.345 e. The molecule has 1 aromatic heterocycles. The van der Waals surface area contributed by atoms with Gasteiger partial charge in [0, 0.05) is 12.3 Å². The summed E-state index contributed by atoms with van der Waals surface area (Å²) in [6.07, 6.45) is 0.958. The van der Waals surface area contributed by atoms with Crippen molar-refractivity contribution in [1.29, 1.82) is 0 Å². The molecular weight excluding hydrogens is 248 g/mol. The number of rotatable bonds is 5. The number of carbonyl (C=O) groups is 1. The summed E-state index contributed by atoms with van der Waals surface area (Å²) in [5.41, 5.74) is 0. The Bertz CT molecular complexity index is 358. The Morgan fingerprint density at radius 2 is 2.19 bits per heavy atom. The van der Waals surface area contributed by atoms with Crippen LogP contribution in [0.25, 0.3) is 0 Å². The lowest BCUT2D eigenvalue weighted by molar-refractivity contribution is -0.0413. The van der Waals surface area contributed by atoms with Crippen LogP contribution in [0.4, 0.5) is 0 Å². The summed E-state index contributed by atoms with van der Waals surface area (Å²) in [4.78, 5) is 13.4. The zero-order valence-corrected chi connectivity index (χ0v) is 10.4. The van der Waals surface area contributed by atoms with Gasteiger partial charge in [-0.15, -0.1) is 22.9 Å². The van der Waals surface area contributed by atoms with E-state index in [4.69, 9.17) is 21.1 Å². The van der Waals surface area contributed by atoms with E-state index in [1.807, 2.05) is 12.1 Å². The third kappa shape index (κ3) is 2.83. The second-order valence-electron chi connectivity index (χ2n) is 3.49. The molecule has 0 saturated carbocycles. The zero-order valence-electron chi connectivity index (χ0n) is 8.78. The van der Waals surface area contributed by atoms with Crippen molar-refractivity contribution in [2.24, 2.45) is 0 Å². The van der Waals surface area contributed by atoms with Crippen LogP contribution >= 0.6 is 22.9 Å². The standard InChI is InChI=1S/C11H13ClO3S/c12-5-1-2-8(13)9-3-4-10(16-9)11-14-6-7-15-11/h3-4,11H,1-2,5-7H2. The first-order valence-corrected chi connectivity index (χ1v) is 6.58. The molecule has 16 heavy (non-hydrogen) atoms. The van der Waals surface area contributed by atoms with Crippen molar-refractivity contribution in [2.75, 3.05) is 19.1 Å². The van der Waals surface area contributed by atoms with Crippen molar-refractivity contribution in [3.05, 3.63) is 21.9 Å². The molecule has 0 unspecified atom stereocenters. The van der Waals surface area contributed by atoms with Crippen molar-refractivity contribution < 1.29 is 14.3 Å². The highest BCUT2D eigenvalue weighted by molar-refractivity contribution is 7.14. The van der Waals surface area contributed by atoms with Crippen LogP contribution in [0.5, 0.6) is 0 Å². The molecule has 0 aliphatic carbocycles. The van der Waals surface area contributed by atoms with Crippen LogP contribution in [0.1, 0.15) is 33.7 Å². The molecule has 1 saturated heterocycles. The highest BCUT2D eigenvalue weighted by Gasteiger charge is 2.21. The fourth-order valence-corrected chi connectivity index (χ4v) is 2.61. The Morgan fingerprint density at radius 1 is 1.44 bits per heavy atom. The molecule has 0 amide bonds. The van der Waals surface area contributed by atoms with E-state index in [0.717, 1.165) is 16.2 Å². The SMILES string of the molecule is O=C(CCCCl)c1ccc(C2OCCO2)s1. The molecule has 2 heterocycles. The number of hydrogen-bond donors (Lipinski definition) is 0. The Hall–Kier alpha value is -0.420. The van der Waals surface area contributed by atoms with Crippen LogP contribution in [-0.2, 0) is 9.47 Å². The van der Waals surface area contributed by atoms with Gasteiger partial charge in [-0.1, -0.05) is 0 Å². The van der Waals surface area contributed by atoms with E-state index in [2.05, 4.69) is 0 Å². The molecular formula is C11H13ClO3S. The third-order valence-electron chi connectivity index (χ3n) is 2.29. The smallest absolute Gasteiger partial charge is 0.193 e. The Morgan fingerprint density at radius 3 is 2.88 bits per heavy atom. The van der Waals surface area contributed by atoms with Gasteiger partial charge in [-0.3, -0.25) is 4.79 Å². The number of Topliss-reactive ketones (excluding diaryl/α,β-unsaturated/α-hetero) is 1. The summed E-state index contributed by atoms with van der Waals surface area (Å²) in [6, 6.07) is 3.73. The van der Waals surface area contributed by atoms with E-state index in [0.29, 0.717) is 25.5 Å². The second-order valence-corrected chi connectivity index (χ2v) is 4.98. The Labute approximate surface area is 103 Å². The third-order valence-corrected chi connectivity index (χ3v) is 3.71. The minimum atomic E-state index is -0.278. The lowest BCUT2D eigenvalue weighted by atomic mass is 10.2. The number of ether oxygens (including phenoxy) is 2. The highest BCUT2D eigenvalue weighted by Crippen LogP contribution is 2.30. The molecule has 5 heteroatoms. The highest BCUT2D eigenvalue weighted by atomic mass is 35.5. The lowest BCUT2D eigenvalue weighted by Gasteiger charge is -2.04. The van der Waals surface area contributed by atoms with Crippen molar-refractivity contribution >= 4 is 28.7 Å². The molecule has 0 radical (unpaired) electrons. The summed E-state index contributed by atoms with van der Waals surface area (Å²) in [5, 5.41) is 0. The fraction of sp³-hybridized carbons (Fsp3) is 0.545. The number of halogens is 1. The summed E-state index contributed by atoms with van der Waals surface area (Å²) >= 11 is 7.00. The van der Waals surface area contributed by atoms with Crippen LogP contribution in [-0.4, -0.2) is 24.9 Å². The maximum absolute atomic E-state index is 11.7. The normalized spacial score (nSPS) is 16.8. The molecule has 0 N–H and O–H groups in total. The van der Waals surface area contributed by atoms with Crippen LogP contribution in [0, 0.1) is 0 Å². The number of ketones is 1. The number of thiophene rings is 1. The quantitative estimate of drug-likeness (QED) is 0.603. The molecule has 0 spiro atoms. The zero-order chi connectivity index (χ0) is 11.4. The topological polar surface area (TPSA) is 35.5 Å². The molecule has 1 aliphatic heterocycles. The van der Waals surface area contributed by atoms with Crippen LogP contribution < -0.4 is 0 Å². The van der Waals surface area contributed by atoms with Gasteiger partial charge < -0.3 is 9.47 Å². The predicted molar refractivity (Wildman–Crippen MR) is 63.2 cm³/mol. The van der Waals surface area contributed by atoms with Gasteiger partial charge in [-0.25, -0.2) is 0 Å². The number of alkyl halides is 1. The Kier molecular flexibility index (Phi) is 4.35. The lowest BCUT2D eigenvalue weighted by Crippen LogP contribution is -1.96. The summed E-state index contributed by atoms with van der Waals surface area (Å²) < 4.78 is 10.7. The molecule has 0 bridgehead atoms. The van der Waals surface area contributed by atoms with Gasteiger partial charge in [0.1, 0.15) is 0 Å². The van der Waals surface area contributed by atoms with Gasteiger partial charge in [0.15, 0.2) is 12.1 Å². The van der Waals surface area contributed by atoms with Crippen LogP contribution in [0.15, 0.2) is 12.1 Å². The first-order valence-electron chi connectivity index (χ1n) is 5.23. The average molecular weight is 261 g/mol. The van der Waals surface area contributed by atoms with E-state index in [-0.39, 0.29) is 12.1 Å². The van der Waals surface area contributed by atoms with E-state index >= 15 is 0 Å². The van der Waals surface area contributed by atoms with E-state index in [1.165, 1.54) is 11.3 Å². The van der Waals surface area contributed by atoms with Crippen LogP contribution in [0.3, 0.4) is 0 Å². The average Bonchev–Trinajstić information content (AvgIpc) is 2.94. The predicted octanol–water partition coefficient (Wildman–Crippen LogP) is 3.00. The maximum atomic E-state index is 11.7. The van der Waals surface area contributed by atoms with Gasteiger partial charge in [-0.05, 0) is 18.6 Å². The summed E-state index contributed by atoms with van der Waals surface area (Å²) in [5.74, 6) is 0.675.